The van der Waals surface area contributed by atoms with Gasteiger partial charge in [0, 0.05) is 31.1 Å². The van der Waals surface area contributed by atoms with E-state index in [-0.39, 0.29) is 30.3 Å². The molecule has 134 valence electrons. The van der Waals surface area contributed by atoms with Crippen LogP contribution < -0.4 is 0 Å². The summed E-state index contributed by atoms with van der Waals surface area (Å²) in [6, 6.07) is 5.66. The van der Waals surface area contributed by atoms with Crippen LogP contribution in [0.15, 0.2) is 28.8 Å². The fraction of sp³-hybridized carbons (Fsp3) is 0.333. The van der Waals surface area contributed by atoms with Gasteiger partial charge in [0.15, 0.2) is 0 Å². The fourth-order valence-electron chi connectivity index (χ4n) is 2.01. The number of carboxylic acid groups (broad SMARTS) is 1. The first-order chi connectivity index (χ1) is 11.7. The lowest BCUT2D eigenvalue weighted by atomic mass is 10.1. The number of aliphatic carboxylic acids is 1. The summed E-state index contributed by atoms with van der Waals surface area (Å²) in [6.45, 7) is 0.271. The monoisotopic (exact) mass is 357 g/mol. The smallest absolute Gasteiger partial charge is 0.471 e. The van der Waals surface area contributed by atoms with Crippen LogP contribution in [0.25, 0.3) is 11.4 Å². The Morgan fingerprint density at radius 2 is 1.88 bits per heavy atom. The first-order valence-electron chi connectivity index (χ1n) is 7.17. The Morgan fingerprint density at radius 3 is 2.40 bits per heavy atom. The van der Waals surface area contributed by atoms with E-state index in [1.807, 2.05) is 0 Å². The van der Waals surface area contributed by atoms with Crippen molar-refractivity contribution in [1.29, 1.82) is 0 Å². The summed E-state index contributed by atoms with van der Waals surface area (Å²) in [5, 5.41) is 11.8. The van der Waals surface area contributed by atoms with Crippen molar-refractivity contribution in [1.82, 2.24) is 15.0 Å². The number of rotatable bonds is 6. The molecule has 1 aromatic heterocycles. The zero-order valence-electron chi connectivity index (χ0n) is 13.1. The number of benzene rings is 1. The molecule has 2 aromatic rings. The highest BCUT2D eigenvalue weighted by atomic mass is 19.4. The molecule has 1 heterocycles. The van der Waals surface area contributed by atoms with Crippen molar-refractivity contribution in [2.75, 3.05) is 13.6 Å². The highest BCUT2D eigenvalue weighted by molar-refractivity contribution is 5.94. The summed E-state index contributed by atoms with van der Waals surface area (Å²) in [5.41, 5.74) is 0.574. The summed E-state index contributed by atoms with van der Waals surface area (Å²) in [6.07, 6.45) is -4.45. The van der Waals surface area contributed by atoms with E-state index in [9.17, 15) is 22.8 Å². The third-order valence-corrected chi connectivity index (χ3v) is 3.29. The topological polar surface area (TPSA) is 96.5 Å². The van der Waals surface area contributed by atoms with Crippen molar-refractivity contribution in [2.24, 2.45) is 0 Å². The van der Waals surface area contributed by atoms with Crippen LogP contribution in [0.5, 0.6) is 0 Å². The van der Waals surface area contributed by atoms with Crippen molar-refractivity contribution in [2.45, 2.75) is 19.0 Å². The van der Waals surface area contributed by atoms with E-state index in [2.05, 4.69) is 14.7 Å². The predicted octanol–water partition coefficient (Wildman–Crippen LogP) is 2.69. The molecule has 0 spiro atoms. The first-order valence-corrected chi connectivity index (χ1v) is 7.17. The Hall–Kier alpha value is -2.91. The van der Waals surface area contributed by atoms with E-state index in [0.29, 0.717) is 12.0 Å². The second-order valence-electron chi connectivity index (χ2n) is 5.22. The molecule has 0 saturated carbocycles. The van der Waals surface area contributed by atoms with Crippen LogP contribution in [0.1, 0.15) is 29.1 Å². The molecule has 0 fully saturated rings. The first kappa shape index (κ1) is 18.4. The quantitative estimate of drug-likeness (QED) is 0.854. The van der Waals surface area contributed by atoms with Gasteiger partial charge in [-0.25, -0.2) is 0 Å². The van der Waals surface area contributed by atoms with Gasteiger partial charge < -0.3 is 14.5 Å². The van der Waals surface area contributed by atoms with Gasteiger partial charge in [0.25, 0.3) is 5.91 Å². The van der Waals surface area contributed by atoms with E-state index in [0.717, 1.165) is 0 Å². The average molecular weight is 357 g/mol. The molecule has 0 radical (unpaired) electrons. The number of hydrogen-bond acceptors (Lipinski definition) is 5. The maximum atomic E-state index is 12.4. The van der Waals surface area contributed by atoms with E-state index in [1.54, 1.807) is 0 Å². The molecule has 0 saturated heterocycles. The normalized spacial score (nSPS) is 11.4. The van der Waals surface area contributed by atoms with Gasteiger partial charge >= 0.3 is 18.0 Å². The van der Waals surface area contributed by atoms with Gasteiger partial charge in [-0.05, 0) is 18.6 Å². The zero-order chi connectivity index (χ0) is 18.6. The van der Waals surface area contributed by atoms with Crippen molar-refractivity contribution in [3.8, 4) is 11.4 Å². The molecule has 0 aliphatic heterocycles. The lowest BCUT2D eigenvalue weighted by Crippen LogP contribution is -2.28. The highest BCUT2D eigenvalue weighted by Crippen LogP contribution is 2.29. The Balaban J connectivity index is 2.05. The fourth-order valence-corrected chi connectivity index (χ4v) is 2.01. The number of carbonyl (C=O) groups is 2. The molecule has 1 N–H and O–H groups in total. The van der Waals surface area contributed by atoms with Crippen molar-refractivity contribution in [3.63, 3.8) is 0 Å². The maximum Gasteiger partial charge on any atom is 0.471 e. The third kappa shape index (κ3) is 4.78. The number of aromatic nitrogens is 2. The molecule has 7 nitrogen and oxygen atoms in total. The van der Waals surface area contributed by atoms with Crippen LogP contribution in [0.2, 0.25) is 0 Å². The molecular weight excluding hydrogens is 343 g/mol. The van der Waals surface area contributed by atoms with Crippen molar-refractivity contribution in [3.05, 3.63) is 35.7 Å². The Labute approximate surface area is 140 Å². The summed E-state index contributed by atoms with van der Waals surface area (Å²) < 4.78 is 41.5. The largest absolute Gasteiger partial charge is 0.481 e. The minimum absolute atomic E-state index is 0.0457. The molecule has 25 heavy (non-hydrogen) atoms. The number of amides is 1. The molecule has 0 aliphatic carbocycles. The van der Waals surface area contributed by atoms with Gasteiger partial charge in [0.2, 0.25) is 5.82 Å². The SMILES string of the molecule is CN(CCCC(=O)O)C(=O)c1ccc(-c2noc(C(F)(F)F)n2)cc1. The standard InChI is InChI=1S/C15H14F3N3O4/c1-21(8-2-3-11(22)23)13(24)10-6-4-9(5-7-10)12-19-14(25-20-12)15(16,17)18/h4-7H,2-3,8H2,1H3,(H,22,23). The molecular formula is C15H14F3N3O4. The summed E-state index contributed by atoms with van der Waals surface area (Å²) >= 11 is 0. The van der Waals surface area contributed by atoms with Gasteiger partial charge in [0.05, 0.1) is 0 Å². The van der Waals surface area contributed by atoms with Gasteiger partial charge in [-0.15, -0.1) is 0 Å². The summed E-state index contributed by atoms with van der Waals surface area (Å²) in [4.78, 5) is 27.3. The number of hydrogen-bond donors (Lipinski definition) is 1. The molecule has 0 aliphatic rings. The molecule has 0 bridgehead atoms. The third-order valence-electron chi connectivity index (χ3n) is 3.29. The Bertz CT molecular complexity index is 756. The lowest BCUT2D eigenvalue weighted by Gasteiger charge is -2.16. The van der Waals surface area contributed by atoms with Gasteiger partial charge in [-0.3, -0.25) is 9.59 Å². The number of carboxylic acids is 1. The van der Waals surface area contributed by atoms with Crippen LogP contribution >= 0.6 is 0 Å². The second kappa shape index (κ2) is 7.32. The summed E-state index contributed by atoms with van der Waals surface area (Å²) in [5.74, 6) is -2.95. The van der Waals surface area contributed by atoms with Crippen LogP contribution in [0, 0.1) is 0 Å². The van der Waals surface area contributed by atoms with E-state index >= 15 is 0 Å². The van der Waals surface area contributed by atoms with E-state index in [4.69, 9.17) is 5.11 Å². The van der Waals surface area contributed by atoms with Crippen molar-refractivity contribution < 1.29 is 32.4 Å². The second-order valence-corrected chi connectivity index (χ2v) is 5.22. The maximum absolute atomic E-state index is 12.4. The number of carbonyl (C=O) groups excluding carboxylic acids is 1. The van der Waals surface area contributed by atoms with Crippen molar-refractivity contribution >= 4 is 11.9 Å². The molecule has 0 unspecified atom stereocenters. The predicted molar refractivity (Wildman–Crippen MR) is 78.6 cm³/mol. The Kier molecular flexibility index (Phi) is 5.40. The molecule has 10 heteroatoms. The van der Waals surface area contributed by atoms with E-state index < -0.39 is 18.0 Å². The van der Waals surface area contributed by atoms with Crippen LogP contribution in [-0.2, 0) is 11.0 Å². The van der Waals surface area contributed by atoms with E-state index in [1.165, 1.54) is 36.2 Å². The van der Waals surface area contributed by atoms with Gasteiger partial charge in [-0.2, -0.15) is 18.2 Å². The van der Waals surface area contributed by atoms with Gasteiger partial charge in [-0.1, -0.05) is 17.3 Å². The molecule has 2 rings (SSSR count). The van der Waals surface area contributed by atoms with Crippen LogP contribution in [-0.4, -0.2) is 45.6 Å². The summed E-state index contributed by atoms with van der Waals surface area (Å²) in [7, 11) is 1.53. The minimum atomic E-state index is -4.72. The number of halogens is 3. The average Bonchev–Trinajstić information content (AvgIpc) is 3.04. The van der Waals surface area contributed by atoms with Crippen LogP contribution in [0.4, 0.5) is 13.2 Å². The van der Waals surface area contributed by atoms with Gasteiger partial charge in [0.1, 0.15) is 0 Å². The molecule has 1 amide bonds. The number of alkyl halides is 3. The lowest BCUT2D eigenvalue weighted by molar-refractivity contribution is -0.159. The minimum Gasteiger partial charge on any atom is -0.481 e. The molecule has 0 atom stereocenters. The zero-order valence-corrected chi connectivity index (χ0v) is 13.1. The molecule has 1 aromatic carbocycles. The van der Waals surface area contributed by atoms with Crippen LogP contribution in [0.3, 0.4) is 0 Å². The highest BCUT2D eigenvalue weighted by Gasteiger charge is 2.38. The number of nitrogens with zero attached hydrogens (tertiary/aromatic N) is 3. The Morgan fingerprint density at radius 1 is 1.24 bits per heavy atom.